The highest BCUT2D eigenvalue weighted by Gasteiger charge is 2.32. The Hall–Kier alpha value is -1.72. The van der Waals surface area contributed by atoms with Crippen LogP contribution in [0.25, 0.3) is 0 Å². The van der Waals surface area contributed by atoms with Crippen LogP contribution < -0.4 is 5.32 Å². The van der Waals surface area contributed by atoms with Crippen molar-refractivity contribution in [2.24, 2.45) is 0 Å². The summed E-state index contributed by atoms with van der Waals surface area (Å²) in [6.45, 7) is 0.326. The van der Waals surface area contributed by atoms with Crippen LogP contribution in [0.1, 0.15) is 18.4 Å². The van der Waals surface area contributed by atoms with Crippen LogP contribution in [0.15, 0.2) is 24.3 Å². The number of carbonyl (C=O) groups is 1. The molecule has 3 nitrogen and oxygen atoms in total. The third kappa shape index (κ3) is 4.81. The first-order valence-electron chi connectivity index (χ1n) is 5.92. The maximum Gasteiger partial charge on any atom is 0.418 e. The van der Waals surface area contributed by atoms with Crippen LogP contribution in [-0.4, -0.2) is 31.4 Å². The number of hydrogen-bond donors (Lipinski definition) is 1. The molecule has 0 unspecified atom stereocenters. The third-order valence-electron chi connectivity index (χ3n) is 2.61. The lowest BCUT2D eigenvalue weighted by Gasteiger charge is -2.14. The number of hydrogen-bond acceptors (Lipinski definition) is 2. The molecule has 0 heterocycles. The maximum atomic E-state index is 12.7. The van der Waals surface area contributed by atoms with Crippen molar-refractivity contribution < 1.29 is 18.0 Å². The van der Waals surface area contributed by atoms with Crippen molar-refractivity contribution in [3.05, 3.63) is 29.8 Å². The van der Waals surface area contributed by atoms with Crippen LogP contribution in [0, 0.1) is 0 Å². The Labute approximate surface area is 110 Å². The van der Waals surface area contributed by atoms with E-state index in [4.69, 9.17) is 0 Å². The number of rotatable bonds is 5. The second-order valence-corrected chi connectivity index (χ2v) is 4.36. The highest BCUT2D eigenvalue weighted by Crippen LogP contribution is 2.34. The van der Waals surface area contributed by atoms with Gasteiger partial charge in [0, 0.05) is 32.7 Å². The lowest BCUT2D eigenvalue weighted by Crippen LogP contribution is -2.22. The number of anilines is 1. The quantitative estimate of drug-likeness (QED) is 0.837. The number of nitrogens with zero attached hydrogens (tertiary/aromatic N) is 1. The second kappa shape index (κ2) is 6.45. The molecule has 19 heavy (non-hydrogen) atoms. The highest BCUT2D eigenvalue weighted by molar-refractivity contribution is 5.75. The van der Waals surface area contributed by atoms with Gasteiger partial charge in [0.1, 0.15) is 0 Å². The molecule has 0 bridgehead atoms. The number of alkyl halides is 3. The van der Waals surface area contributed by atoms with Crippen molar-refractivity contribution in [3.63, 3.8) is 0 Å². The molecule has 0 aliphatic rings. The van der Waals surface area contributed by atoms with E-state index in [0.717, 1.165) is 6.07 Å². The molecule has 0 saturated carbocycles. The van der Waals surface area contributed by atoms with Gasteiger partial charge in [0.2, 0.25) is 5.91 Å². The van der Waals surface area contributed by atoms with Gasteiger partial charge in [0.25, 0.3) is 0 Å². The highest BCUT2D eigenvalue weighted by atomic mass is 19.4. The molecule has 0 atom stereocenters. The van der Waals surface area contributed by atoms with Crippen LogP contribution in [-0.2, 0) is 11.0 Å². The Kier molecular flexibility index (Phi) is 5.20. The molecular weight excluding hydrogens is 257 g/mol. The second-order valence-electron chi connectivity index (χ2n) is 4.36. The van der Waals surface area contributed by atoms with Gasteiger partial charge in [0.15, 0.2) is 0 Å². The van der Waals surface area contributed by atoms with Crippen LogP contribution >= 0.6 is 0 Å². The summed E-state index contributed by atoms with van der Waals surface area (Å²) < 4.78 is 38.1. The Balaban J connectivity index is 2.53. The molecule has 106 valence electrons. The van der Waals surface area contributed by atoms with Crippen molar-refractivity contribution in [2.45, 2.75) is 19.0 Å². The molecule has 1 rings (SSSR count). The van der Waals surface area contributed by atoms with Gasteiger partial charge in [0.05, 0.1) is 5.56 Å². The number of halogens is 3. The summed E-state index contributed by atoms with van der Waals surface area (Å²) in [5, 5.41) is 2.72. The third-order valence-corrected chi connectivity index (χ3v) is 2.61. The topological polar surface area (TPSA) is 32.3 Å². The predicted octanol–water partition coefficient (Wildman–Crippen LogP) is 2.99. The number of para-hydroxylation sites is 1. The summed E-state index contributed by atoms with van der Waals surface area (Å²) in [6, 6.07) is 5.32. The summed E-state index contributed by atoms with van der Waals surface area (Å²) in [4.78, 5) is 12.8. The molecule has 6 heteroatoms. The fourth-order valence-electron chi connectivity index (χ4n) is 1.57. The minimum absolute atomic E-state index is 0.0362. The van der Waals surface area contributed by atoms with Crippen LogP contribution in [0.5, 0.6) is 0 Å². The minimum Gasteiger partial charge on any atom is -0.385 e. The van der Waals surface area contributed by atoms with Gasteiger partial charge in [-0.3, -0.25) is 4.79 Å². The Morgan fingerprint density at radius 2 is 1.89 bits per heavy atom. The van der Waals surface area contributed by atoms with Gasteiger partial charge in [-0.2, -0.15) is 13.2 Å². The van der Waals surface area contributed by atoms with Crippen LogP contribution in [0.3, 0.4) is 0 Å². The van der Waals surface area contributed by atoms with Gasteiger partial charge in [-0.25, -0.2) is 0 Å². The molecule has 1 N–H and O–H groups in total. The monoisotopic (exact) mass is 274 g/mol. The van der Waals surface area contributed by atoms with Crippen molar-refractivity contribution in [1.82, 2.24) is 4.90 Å². The molecule has 0 fully saturated rings. The van der Waals surface area contributed by atoms with E-state index in [-0.39, 0.29) is 11.6 Å². The Bertz CT molecular complexity index is 430. The van der Waals surface area contributed by atoms with E-state index in [9.17, 15) is 18.0 Å². The fourth-order valence-corrected chi connectivity index (χ4v) is 1.57. The van der Waals surface area contributed by atoms with E-state index in [1.807, 2.05) is 0 Å². The summed E-state index contributed by atoms with van der Waals surface area (Å²) in [6.07, 6.45) is -3.57. The number of amides is 1. The van der Waals surface area contributed by atoms with Crippen molar-refractivity contribution in [2.75, 3.05) is 26.0 Å². The van der Waals surface area contributed by atoms with E-state index in [2.05, 4.69) is 5.32 Å². The van der Waals surface area contributed by atoms with E-state index in [1.54, 1.807) is 20.2 Å². The largest absolute Gasteiger partial charge is 0.418 e. The summed E-state index contributed by atoms with van der Waals surface area (Å²) in [5.74, 6) is -0.0362. The molecule has 0 saturated heterocycles. The summed E-state index contributed by atoms with van der Waals surface area (Å²) in [5.41, 5.74) is -0.638. The zero-order valence-corrected chi connectivity index (χ0v) is 10.9. The molecule has 0 aliphatic carbocycles. The molecule has 0 spiro atoms. The summed E-state index contributed by atoms with van der Waals surface area (Å²) >= 11 is 0. The predicted molar refractivity (Wildman–Crippen MR) is 67.9 cm³/mol. The normalized spacial score (nSPS) is 11.2. The van der Waals surface area contributed by atoms with Gasteiger partial charge >= 0.3 is 6.18 Å². The summed E-state index contributed by atoms with van der Waals surface area (Å²) in [7, 11) is 3.30. The molecule has 0 radical (unpaired) electrons. The first-order chi connectivity index (χ1) is 8.82. The Morgan fingerprint density at radius 1 is 1.26 bits per heavy atom. The molecule has 1 amide bonds. The van der Waals surface area contributed by atoms with E-state index in [0.29, 0.717) is 19.4 Å². The van der Waals surface area contributed by atoms with E-state index < -0.39 is 11.7 Å². The SMILES string of the molecule is CN(C)C(=O)CCCNc1ccccc1C(F)(F)F. The number of carbonyl (C=O) groups excluding carboxylic acids is 1. The van der Waals surface area contributed by atoms with E-state index >= 15 is 0 Å². The minimum atomic E-state index is -4.37. The zero-order valence-electron chi connectivity index (χ0n) is 10.9. The first kappa shape index (κ1) is 15.3. The van der Waals surface area contributed by atoms with Gasteiger partial charge in [-0.05, 0) is 18.6 Å². The molecule has 1 aromatic rings. The number of benzene rings is 1. The van der Waals surface area contributed by atoms with E-state index in [1.165, 1.54) is 17.0 Å². The number of nitrogens with one attached hydrogen (secondary N) is 1. The van der Waals surface area contributed by atoms with Gasteiger partial charge in [-0.15, -0.1) is 0 Å². The van der Waals surface area contributed by atoms with Crippen LogP contribution in [0.4, 0.5) is 18.9 Å². The Morgan fingerprint density at radius 3 is 2.47 bits per heavy atom. The molecule has 0 aliphatic heterocycles. The standard InChI is InChI=1S/C13H17F3N2O/c1-18(2)12(19)8-5-9-17-11-7-4-3-6-10(11)13(14,15)16/h3-4,6-7,17H,5,8-9H2,1-2H3. The lowest BCUT2D eigenvalue weighted by molar-refractivity contribution is -0.137. The van der Waals surface area contributed by atoms with Gasteiger partial charge in [-0.1, -0.05) is 12.1 Å². The fraction of sp³-hybridized carbons (Fsp3) is 0.462. The molecule has 0 aromatic heterocycles. The molecular formula is C13H17F3N2O. The van der Waals surface area contributed by atoms with Crippen molar-refractivity contribution in [1.29, 1.82) is 0 Å². The van der Waals surface area contributed by atoms with Gasteiger partial charge < -0.3 is 10.2 Å². The lowest BCUT2D eigenvalue weighted by atomic mass is 10.1. The average molecular weight is 274 g/mol. The van der Waals surface area contributed by atoms with Crippen molar-refractivity contribution in [3.8, 4) is 0 Å². The molecule has 1 aromatic carbocycles. The van der Waals surface area contributed by atoms with Crippen molar-refractivity contribution >= 4 is 11.6 Å². The van der Waals surface area contributed by atoms with Crippen LogP contribution in [0.2, 0.25) is 0 Å². The average Bonchev–Trinajstić information content (AvgIpc) is 2.33. The smallest absolute Gasteiger partial charge is 0.385 e. The zero-order chi connectivity index (χ0) is 14.5. The maximum absolute atomic E-state index is 12.7. The first-order valence-corrected chi connectivity index (χ1v) is 5.92.